The number of allylic oxidation sites excluding steroid dienone is 14. The molecule has 0 amide bonds. The van der Waals surface area contributed by atoms with Gasteiger partial charge in [-0.3, -0.25) is 14.4 Å². The van der Waals surface area contributed by atoms with Gasteiger partial charge < -0.3 is 14.2 Å². The second-order valence-corrected chi connectivity index (χ2v) is 22.0. The van der Waals surface area contributed by atoms with Crippen LogP contribution in [0.15, 0.2) is 85.1 Å². The molecule has 0 heterocycles. The SMILES string of the molecule is CC/C=C\C/C=C\C/C=C\C/C=C\C/C=C\C/C=C\CCCCCCCCCCC(=O)OCC(COC(=O)CCCCCCCCCCCCC)OC(=O)CCCCCCCCCCC/C=C\CCCCCCCCCC. The highest BCUT2D eigenvalue weighted by molar-refractivity contribution is 5.71. The molecule has 6 nitrogen and oxygen atoms in total. The van der Waals surface area contributed by atoms with Crippen molar-refractivity contribution in [3.8, 4) is 0 Å². The summed E-state index contributed by atoms with van der Waals surface area (Å²) >= 11 is 0. The Kier molecular flexibility index (Phi) is 62.2. The molecule has 0 radical (unpaired) electrons. The van der Waals surface area contributed by atoms with Crippen molar-refractivity contribution in [1.29, 1.82) is 0 Å². The molecule has 0 aromatic heterocycles. The lowest BCUT2D eigenvalue weighted by Crippen LogP contribution is -2.30. The van der Waals surface area contributed by atoms with Gasteiger partial charge in [-0.1, -0.05) is 298 Å². The lowest BCUT2D eigenvalue weighted by molar-refractivity contribution is -0.167. The zero-order chi connectivity index (χ0) is 55.7. The first-order valence-corrected chi connectivity index (χ1v) is 33.1. The summed E-state index contributed by atoms with van der Waals surface area (Å²) in [6, 6.07) is 0. The Labute approximate surface area is 477 Å². The lowest BCUT2D eigenvalue weighted by atomic mass is 10.1. The van der Waals surface area contributed by atoms with E-state index < -0.39 is 6.10 Å². The highest BCUT2D eigenvalue weighted by Crippen LogP contribution is 2.17. The maximum Gasteiger partial charge on any atom is 0.306 e. The van der Waals surface area contributed by atoms with Crippen molar-refractivity contribution in [2.24, 2.45) is 0 Å². The summed E-state index contributed by atoms with van der Waals surface area (Å²) in [5, 5.41) is 0. The van der Waals surface area contributed by atoms with E-state index in [-0.39, 0.29) is 31.1 Å². The molecule has 0 aliphatic carbocycles. The maximum atomic E-state index is 12.9. The second-order valence-electron chi connectivity index (χ2n) is 22.0. The summed E-state index contributed by atoms with van der Waals surface area (Å²) in [5.74, 6) is -0.874. The van der Waals surface area contributed by atoms with E-state index in [2.05, 4.69) is 106 Å². The molecule has 0 saturated heterocycles. The van der Waals surface area contributed by atoms with E-state index in [1.165, 1.54) is 186 Å². The summed E-state index contributed by atoms with van der Waals surface area (Å²) < 4.78 is 16.9. The van der Waals surface area contributed by atoms with Gasteiger partial charge in [-0.05, 0) is 96.3 Å². The predicted octanol–water partition coefficient (Wildman–Crippen LogP) is 22.7. The van der Waals surface area contributed by atoms with Crippen molar-refractivity contribution >= 4 is 17.9 Å². The molecule has 0 aromatic rings. The fraction of sp³-hybridized carbons (Fsp3) is 0.761. The van der Waals surface area contributed by atoms with Gasteiger partial charge in [-0.15, -0.1) is 0 Å². The van der Waals surface area contributed by atoms with Gasteiger partial charge in [0.15, 0.2) is 6.10 Å². The summed E-state index contributed by atoms with van der Waals surface area (Å²) in [6.07, 6.45) is 85.9. The summed E-state index contributed by atoms with van der Waals surface area (Å²) in [6.45, 7) is 6.55. The first kappa shape index (κ1) is 73.6. The molecule has 0 aromatic carbocycles. The number of hydrogen-bond donors (Lipinski definition) is 0. The third-order valence-electron chi connectivity index (χ3n) is 14.4. The molecule has 0 fully saturated rings. The standard InChI is InChI=1S/C71H124O6/c1-4-7-10-13-16-19-22-24-26-28-30-32-33-34-35-36-37-39-40-42-44-46-49-52-55-58-61-64-70(73)76-67-68(66-75-69(72)63-60-57-54-51-48-21-18-15-12-9-6-3)77-71(74)65-62-59-56-53-50-47-45-43-41-38-31-29-27-25-23-20-17-14-11-8-5-2/h7,10,16,19,24,26,29-32,34-35,37,39,68H,4-6,8-9,11-15,17-18,20-23,25,27-28,33,36,38,40-67H2,1-3H3/b10-7-,19-16-,26-24-,31-29-,32-30-,35-34-,39-37-. The molecule has 1 unspecified atom stereocenters. The zero-order valence-corrected chi connectivity index (χ0v) is 51.0. The number of rotatable bonds is 60. The number of esters is 3. The van der Waals surface area contributed by atoms with Gasteiger partial charge >= 0.3 is 17.9 Å². The fourth-order valence-electron chi connectivity index (χ4n) is 9.44. The van der Waals surface area contributed by atoms with E-state index in [9.17, 15) is 14.4 Å². The average molecular weight is 1070 g/mol. The highest BCUT2D eigenvalue weighted by Gasteiger charge is 2.19. The van der Waals surface area contributed by atoms with Crippen LogP contribution in [0.25, 0.3) is 0 Å². The van der Waals surface area contributed by atoms with Crippen LogP contribution in [0, 0.1) is 0 Å². The zero-order valence-electron chi connectivity index (χ0n) is 51.0. The number of unbranched alkanes of at least 4 members (excludes halogenated alkanes) is 35. The largest absolute Gasteiger partial charge is 0.462 e. The van der Waals surface area contributed by atoms with Crippen molar-refractivity contribution in [1.82, 2.24) is 0 Å². The van der Waals surface area contributed by atoms with E-state index in [0.717, 1.165) is 103 Å². The number of ether oxygens (including phenoxy) is 3. The molecule has 77 heavy (non-hydrogen) atoms. The quantitative estimate of drug-likeness (QED) is 0.0261. The molecule has 0 rings (SSSR count). The second kappa shape index (κ2) is 65.1. The van der Waals surface area contributed by atoms with Crippen LogP contribution in [-0.2, 0) is 28.6 Å². The molecule has 1 atom stereocenters. The molecule has 0 saturated carbocycles. The van der Waals surface area contributed by atoms with Crippen LogP contribution in [-0.4, -0.2) is 37.2 Å². The average Bonchev–Trinajstić information content (AvgIpc) is 3.43. The third kappa shape index (κ3) is 63.3. The number of carbonyl (C=O) groups is 3. The number of carbonyl (C=O) groups excluding carboxylic acids is 3. The van der Waals surface area contributed by atoms with E-state index in [1.807, 2.05) is 0 Å². The minimum absolute atomic E-state index is 0.0765. The molecule has 6 heteroatoms. The smallest absolute Gasteiger partial charge is 0.306 e. The van der Waals surface area contributed by atoms with Crippen LogP contribution >= 0.6 is 0 Å². The van der Waals surface area contributed by atoms with Crippen molar-refractivity contribution in [3.05, 3.63) is 85.1 Å². The lowest BCUT2D eigenvalue weighted by Gasteiger charge is -2.18. The Morgan fingerprint density at radius 1 is 0.273 bits per heavy atom. The van der Waals surface area contributed by atoms with Crippen molar-refractivity contribution in [2.75, 3.05) is 13.2 Å². The molecule has 0 aliphatic heterocycles. The van der Waals surface area contributed by atoms with Gasteiger partial charge in [0.2, 0.25) is 0 Å². The van der Waals surface area contributed by atoms with E-state index in [4.69, 9.17) is 14.2 Å². The summed E-state index contributed by atoms with van der Waals surface area (Å²) in [5.41, 5.74) is 0. The fourth-order valence-corrected chi connectivity index (χ4v) is 9.44. The van der Waals surface area contributed by atoms with Crippen LogP contribution in [0.1, 0.15) is 329 Å². The molecule has 0 aliphatic rings. The first-order valence-electron chi connectivity index (χ1n) is 33.1. The molecule has 444 valence electrons. The summed E-state index contributed by atoms with van der Waals surface area (Å²) in [4.78, 5) is 38.3. The van der Waals surface area contributed by atoms with Crippen LogP contribution in [0.3, 0.4) is 0 Å². The van der Waals surface area contributed by atoms with Gasteiger partial charge in [-0.25, -0.2) is 0 Å². The normalized spacial score (nSPS) is 12.6. The molecule has 0 bridgehead atoms. The van der Waals surface area contributed by atoms with E-state index in [1.54, 1.807) is 0 Å². The monoisotopic (exact) mass is 1070 g/mol. The topological polar surface area (TPSA) is 78.9 Å². The van der Waals surface area contributed by atoms with Crippen molar-refractivity contribution in [3.63, 3.8) is 0 Å². The Bertz CT molecular complexity index is 1470. The minimum Gasteiger partial charge on any atom is -0.462 e. The van der Waals surface area contributed by atoms with Crippen LogP contribution in [0.4, 0.5) is 0 Å². The highest BCUT2D eigenvalue weighted by atomic mass is 16.6. The minimum atomic E-state index is -0.780. The van der Waals surface area contributed by atoms with Gasteiger partial charge in [0.05, 0.1) is 0 Å². The van der Waals surface area contributed by atoms with Crippen molar-refractivity contribution in [2.45, 2.75) is 335 Å². The molecular formula is C71H124O6. The Hall–Kier alpha value is -3.41. The molecule has 0 spiro atoms. The molecule has 0 N–H and O–H groups in total. The Balaban J connectivity index is 4.28. The van der Waals surface area contributed by atoms with Crippen LogP contribution in [0.5, 0.6) is 0 Å². The third-order valence-corrected chi connectivity index (χ3v) is 14.4. The predicted molar refractivity (Wildman–Crippen MR) is 334 cm³/mol. The van der Waals surface area contributed by atoms with E-state index >= 15 is 0 Å². The Morgan fingerprint density at radius 3 is 0.805 bits per heavy atom. The van der Waals surface area contributed by atoms with Gasteiger partial charge in [0.1, 0.15) is 13.2 Å². The Morgan fingerprint density at radius 2 is 0.506 bits per heavy atom. The van der Waals surface area contributed by atoms with Gasteiger partial charge in [0, 0.05) is 19.3 Å². The molecular weight excluding hydrogens is 949 g/mol. The number of hydrogen-bond acceptors (Lipinski definition) is 6. The van der Waals surface area contributed by atoms with E-state index in [0.29, 0.717) is 19.3 Å². The van der Waals surface area contributed by atoms with Crippen molar-refractivity contribution < 1.29 is 28.6 Å². The van der Waals surface area contributed by atoms with Crippen LogP contribution in [0.2, 0.25) is 0 Å². The first-order chi connectivity index (χ1) is 38.0. The van der Waals surface area contributed by atoms with Gasteiger partial charge in [0.25, 0.3) is 0 Å². The summed E-state index contributed by atoms with van der Waals surface area (Å²) in [7, 11) is 0. The van der Waals surface area contributed by atoms with Gasteiger partial charge in [-0.2, -0.15) is 0 Å². The van der Waals surface area contributed by atoms with Crippen LogP contribution < -0.4 is 0 Å². The maximum absolute atomic E-state index is 12.9.